The molecule has 0 N–H and O–H groups in total. The van der Waals surface area contributed by atoms with Gasteiger partial charge in [0.05, 0.1) is 0 Å². The third-order valence-corrected chi connectivity index (χ3v) is 4.09. The van der Waals surface area contributed by atoms with Crippen molar-refractivity contribution >= 4 is 8.60 Å². The van der Waals surface area contributed by atoms with E-state index in [4.69, 9.17) is 0 Å². The molecule has 0 saturated carbocycles. The molecule has 0 rings (SSSR count). The summed E-state index contributed by atoms with van der Waals surface area (Å²) in [6.45, 7) is 2.62. The van der Waals surface area contributed by atoms with Crippen molar-refractivity contribution in [2.45, 2.75) is 96.8 Å². The average molecular weight is 383 g/mol. The molecule has 0 aliphatic rings. The summed E-state index contributed by atoms with van der Waals surface area (Å²) in [5, 5.41) is 0. The fourth-order valence-corrected chi connectivity index (χ4v) is 2.71. The SMILES string of the molecule is CCCCCCCCCCCCCCCCOP([O-])[O-].[K+].[K+]. The fraction of sp³-hybridized carbons (Fsp3) is 1.00. The molecular weight excluding hydrogens is 349 g/mol. The summed E-state index contributed by atoms with van der Waals surface area (Å²) < 4.78 is 4.50. The molecule has 0 amide bonds. The number of rotatable bonds is 16. The van der Waals surface area contributed by atoms with E-state index in [9.17, 15) is 9.79 Å². The van der Waals surface area contributed by atoms with E-state index in [2.05, 4.69) is 11.4 Å². The molecule has 0 spiro atoms. The number of unbranched alkanes of at least 4 members (excludes halogenated alkanes) is 13. The molecule has 3 nitrogen and oxygen atoms in total. The van der Waals surface area contributed by atoms with E-state index in [-0.39, 0.29) is 103 Å². The summed E-state index contributed by atoms with van der Waals surface area (Å²) in [6, 6.07) is 0. The van der Waals surface area contributed by atoms with Gasteiger partial charge in [-0.1, -0.05) is 90.4 Å². The molecule has 0 heterocycles. The molecular formula is C16H33K2O3P. The molecule has 0 unspecified atom stereocenters. The Bertz CT molecular complexity index is 187. The summed E-state index contributed by atoms with van der Waals surface area (Å²) in [5.74, 6) is 0. The Kier molecular flexibility index (Phi) is 36.9. The van der Waals surface area contributed by atoms with Crippen molar-refractivity contribution in [3.8, 4) is 0 Å². The Balaban J connectivity index is -0.00000180. The van der Waals surface area contributed by atoms with Gasteiger partial charge in [-0.2, -0.15) is 8.60 Å². The predicted molar refractivity (Wildman–Crippen MR) is 83.2 cm³/mol. The zero-order chi connectivity index (χ0) is 14.9. The van der Waals surface area contributed by atoms with E-state index in [1.54, 1.807) is 0 Å². The zero-order valence-corrected chi connectivity index (χ0v) is 22.4. The molecule has 0 bridgehead atoms. The van der Waals surface area contributed by atoms with E-state index in [1.165, 1.54) is 77.0 Å². The molecule has 0 aliphatic carbocycles. The van der Waals surface area contributed by atoms with Crippen LogP contribution in [0.15, 0.2) is 0 Å². The Labute approximate surface area is 225 Å². The topological polar surface area (TPSA) is 55.3 Å². The van der Waals surface area contributed by atoms with Gasteiger partial charge in [-0.25, -0.2) is 0 Å². The Morgan fingerprint density at radius 2 is 0.909 bits per heavy atom. The van der Waals surface area contributed by atoms with Crippen LogP contribution in [-0.4, -0.2) is 6.61 Å². The van der Waals surface area contributed by atoms with Crippen LogP contribution in [0.3, 0.4) is 0 Å². The minimum Gasteiger partial charge on any atom is -0.820 e. The molecule has 0 fully saturated rings. The smallest absolute Gasteiger partial charge is 0.820 e. The van der Waals surface area contributed by atoms with Crippen molar-refractivity contribution in [1.29, 1.82) is 0 Å². The molecule has 22 heavy (non-hydrogen) atoms. The molecule has 0 atom stereocenters. The van der Waals surface area contributed by atoms with Crippen LogP contribution in [0.5, 0.6) is 0 Å². The van der Waals surface area contributed by atoms with E-state index in [0.717, 1.165) is 12.8 Å². The molecule has 0 aromatic rings. The molecule has 0 aromatic carbocycles. The summed E-state index contributed by atoms with van der Waals surface area (Å²) in [4.78, 5) is 20.3. The second-order valence-electron chi connectivity index (χ2n) is 5.65. The molecule has 0 saturated heterocycles. The Hall–Kier alpha value is 3.58. The second kappa shape index (κ2) is 26.8. The van der Waals surface area contributed by atoms with Crippen molar-refractivity contribution in [2.75, 3.05) is 6.61 Å². The molecule has 0 aliphatic heterocycles. The van der Waals surface area contributed by atoms with Crippen molar-refractivity contribution in [3.63, 3.8) is 0 Å². The first kappa shape index (κ1) is 30.3. The number of hydrogen-bond donors (Lipinski definition) is 0. The van der Waals surface area contributed by atoms with Crippen molar-refractivity contribution in [3.05, 3.63) is 0 Å². The maximum atomic E-state index is 10.1. The third-order valence-electron chi connectivity index (χ3n) is 3.69. The van der Waals surface area contributed by atoms with Gasteiger partial charge < -0.3 is 14.3 Å². The van der Waals surface area contributed by atoms with E-state index >= 15 is 0 Å². The first-order valence-corrected chi connectivity index (χ1v) is 9.64. The summed E-state index contributed by atoms with van der Waals surface area (Å²) in [6.07, 6.45) is 18.3. The zero-order valence-electron chi connectivity index (χ0n) is 15.3. The quantitative estimate of drug-likeness (QED) is 0.184. The summed E-state index contributed by atoms with van der Waals surface area (Å²) >= 11 is 0. The van der Waals surface area contributed by atoms with Gasteiger partial charge in [-0.15, -0.1) is 0 Å². The van der Waals surface area contributed by atoms with Crippen molar-refractivity contribution in [2.24, 2.45) is 0 Å². The standard InChI is InChI=1S/C16H33O3P.2K/c1-2-3-4-5-6-7-8-9-10-11-12-13-14-15-16-19-20(17)18;;/h2-16H2,1H3;;/q-2;2*+1. The van der Waals surface area contributed by atoms with Crippen LogP contribution in [-0.2, 0) is 4.52 Å². The van der Waals surface area contributed by atoms with Gasteiger partial charge >= 0.3 is 103 Å². The van der Waals surface area contributed by atoms with Gasteiger partial charge in [0.2, 0.25) is 0 Å². The van der Waals surface area contributed by atoms with Gasteiger partial charge in [0.1, 0.15) is 0 Å². The monoisotopic (exact) mass is 382 g/mol. The normalized spacial score (nSPS) is 10.4. The third kappa shape index (κ3) is 28.4. The largest absolute Gasteiger partial charge is 1.00 e. The maximum Gasteiger partial charge on any atom is 1.00 e. The second-order valence-corrected chi connectivity index (χ2v) is 6.36. The van der Waals surface area contributed by atoms with Gasteiger partial charge in [-0.3, -0.25) is 0 Å². The molecule has 6 heteroatoms. The Morgan fingerprint density at radius 3 is 1.23 bits per heavy atom. The molecule has 122 valence electrons. The van der Waals surface area contributed by atoms with Crippen LogP contribution in [0, 0.1) is 0 Å². The van der Waals surface area contributed by atoms with Crippen LogP contribution >= 0.6 is 8.60 Å². The minimum atomic E-state index is -2.64. The minimum absolute atomic E-state index is 0. The van der Waals surface area contributed by atoms with Crippen LogP contribution in [0.2, 0.25) is 0 Å². The van der Waals surface area contributed by atoms with Gasteiger partial charge in [0.25, 0.3) is 0 Å². The predicted octanol–water partition coefficient (Wildman–Crippen LogP) is -1.56. The van der Waals surface area contributed by atoms with Crippen LogP contribution < -0.4 is 113 Å². The van der Waals surface area contributed by atoms with Gasteiger partial charge in [0, 0.05) is 6.61 Å². The summed E-state index contributed by atoms with van der Waals surface area (Å²) in [7, 11) is -2.64. The van der Waals surface area contributed by atoms with Crippen LogP contribution in [0.4, 0.5) is 0 Å². The first-order chi connectivity index (χ1) is 9.77. The van der Waals surface area contributed by atoms with E-state index < -0.39 is 8.60 Å². The molecule has 0 radical (unpaired) electrons. The fourth-order valence-electron chi connectivity index (χ4n) is 2.44. The van der Waals surface area contributed by atoms with E-state index in [1.807, 2.05) is 0 Å². The number of hydrogen-bond acceptors (Lipinski definition) is 3. The maximum absolute atomic E-state index is 10.1. The first-order valence-electron chi connectivity index (χ1n) is 8.54. The Morgan fingerprint density at radius 1 is 0.591 bits per heavy atom. The van der Waals surface area contributed by atoms with Crippen LogP contribution in [0.1, 0.15) is 96.8 Å². The van der Waals surface area contributed by atoms with Gasteiger partial charge in [0.15, 0.2) is 0 Å². The summed E-state index contributed by atoms with van der Waals surface area (Å²) in [5.41, 5.74) is 0. The van der Waals surface area contributed by atoms with Crippen molar-refractivity contribution < 1.29 is 117 Å². The van der Waals surface area contributed by atoms with E-state index in [0.29, 0.717) is 6.61 Å². The average Bonchev–Trinajstić information content (AvgIpc) is 2.43. The van der Waals surface area contributed by atoms with Gasteiger partial charge in [-0.05, 0) is 6.42 Å². The van der Waals surface area contributed by atoms with Crippen molar-refractivity contribution in [1.82, 2.24) is 0 Å². The van der Waals surface area contributed by atoms with Crippen LogP contribution in [0.25, 0.3) is 0 Å². The molecule has 0 aromatic heterocycles.